The van der Waals surface area contributed by atoms with Crippen LogP contribution in [-0.2, 0) is 24.2 Å². The molecule has 1 aromatic heterocycles. The number of hydrogen-bond donors (Lipinski definition) is 1. The molecule has 0 fully saturated rings. The number of benzene rings is 2. The highest BCUT2D eigenvalue weighted by atomic mass is 35.5. The van der Waals surface area contributed by atoms with Gasteiger partial charge in [-0.15, -0.1) is 0 Å². The molecular weight excluding hydrogens is 518 g/mol. The summed E-state index contributed by atoms with van der Waals surface area (Å²) in [5.41, 5.74) is 1.78. The second-order valence-electron chi connectivity index (χ2n) is 8.70. The SMILES string of the molecule is CC(C)(C)OC(=O)c1ccc(CCn2c(CNc3cc(Cl)cc(Cl)c3)c(Cl)cc(Cl)c2=O)cc1. The van der Waals surface area contributed by atoms with E-state index in [2.05, 4.69) is 5.32 Å². The standard InChI is InChI=1S/C25H24Cl4N2O3/c1-25(2,3)34-24(33)16-6-4-15(5-7-16)8-9-31-22(20(28)13-21(29)23(31)32)14-30-19-11-17(26)10-18(27)12-19/h4-7,10-13,30H,8-9,14H2,1-3H3. The molecule has 2 aromatic carbocycles. The molecule has 0 unspecified atom stereocenters. The van der Waals surface area contributed by atoms with Crippen LogP contribution in [0, 0.1) is 0 Å². The fourth-order valence-electron chi connectivity index (χ4n) is 3.28. The molecule has 3 aromatic rings. The van der Waals surface area contributed by atoms with Crippen LogP contribution in [0.5, 0.6) is 0 Å². The first-order chi connectivity index (χ1) is 15.9. The number of rotatable bonds is 7. The zero-order valence-electron chi connectivity index (χ0n) is 18.9. The van der Waals surface area contributed by atoms with Gasteiger partial charge in [-0.05, 0) is 69.2 Å². The first-order valence-corrected chi connectivity index (χ1v) is 12.0. The Balaban J connectivity index is 1.77. The maximum atomic E-state index is 12.8. The van der Waals surface area contributed by atoms with Gasteiger partial charge in [0.1, 0.15) is 10.6 Å². The average molecular weight is 542 g/mol. The van der Waals surface area contributed by atoms with E-state index < -0.39 is 5.60 Å². The maximum Gasteiger partial charge on any atom is 0.338 e. The molecule has 0 spiro atoms. The lowest BCUT2D eigenvalue weighted by Gasteiger charge is -2.19. The van der Waals surface area contributed by atoms with E-state index in [0.717, 1.165) is 5.56 Å². The van der Waals surface area contributed by atoms with Gasteiger partial charge in [0.15, 0.2) is 0 Å². The van der Waals surface area contributed by atoms with E-state index in [1.165, 1.54) is 6.07 Å². The van der Waals surface area contributed by atoms with Crippen molar-refractivity contribution in [1.82, 2.24) is 4.57 Å². The Morgan fingerprint density at radius 3 is 2.15 bits per heavy atom. The Morgan fingerprint density at radius 2 is 1.56 bits per heavy atom. The van der Waals surface area contributed by atoms with E-state index in [1.54, 1.807) is 34.9 Å². The quantitative estimate of drug-likeness (QED) is 0.319. The van der Waals surface area contributed by atoms with Crippen LogP contribution in [-0.4, -0.2) is 16.1 Å². The van der Waals surface area contributed by atoms with E-state index in [9.17, 15) is 9.59 Å². The van der Waals surface area contributed by atoms with Gasteiger partial charge in [-0.3, -0.25) is 4.79 Å². The maximum absolute atomic E-state index is 12.8. The molecule has 34 heavy (non-hydrogen) atoms. The van der Waals surface area contributed by atoms with Gasteiger partial charge in [0.25, 0.3) is 5.56 Å². The number of anilines is 1. The molecule has 0 aliphatic carbocycles. The van der Waals surface area contributed by atoms with Crippen LogP contribution in [0.3, 0.4) is 0 Å². The van der Waals surface area contributed by atoms with Crippen molar-refractivity contribution in [3.63, 3.8) is 0 Å². The van der Waals surface area contributed by atoms with Crippen LogP contribution in [0.4, 0.5) is 5.69 Å². The third kappa shape index (κ3) is 7.16. The van der Waals surface area contributed by atoms with Crippen molar-refractivity contribution in [3.8, 4) is 0 Å². The number of nitrogens with one attached hydrogen (secondary N) is 1. The van der Waals surface area contributed by atoms with Gasteiger partial charge in [-0.25, -0.2) is 4.79 Å². The fraction of sp³-hybridized carbons (Fsp3) is 0.280. The third-order valence-corrected chi connectivity index (χ3v) is 5.87. The Labute approximate surface area is 218 Å². The summed E-state index contributed by atoms with van der Waals surface area (Å²) in [5.74, 6) is -0.383. The highest BCUT2D eigenvalue weighted by Crippen LogP contribution is 2.25. The van der Waals surface area contributed by atoms with Gasteiger partial charge in [-0.2, -0.15) is 0 Å². The van der Waals surface area contributed by atoms with Gasteiger partial charge < -0.3 is 14.6 Å². The molecule has 0 atom stereocenters. The van der Waals surface area contributed by atoms with Crippen LogP contribution in [0.2, 0.25) is 20.1 Å². The van der Waals surface area contributed by atoms with Gasteiger partial charge in [-0.1, -0.05) is 58.5 Å². The van der Waals surface area contributed by atoms with Gasteiger partial charge in [0, 0.05) is 22.3 Å². The lowest BCUT2D eigenvalue weighted by molar-refractivity contribution is 0.00695. The van der Waals surface area contributed by atoms with Crippen LogP contribution in [0.1, 0.15) is 42.4 Å². The molecule has 1 heterocycles. The molecule has 180 valence electrons. The van der Waals surface area contributed by atoms with E-state index in [-0.39, 0.29) is 23.1 Å². The lowest BCUT2D eigenvalue weighted by Crippen LogP contribution is -2.26. The molecule has 0 bridgehead atoms. The molecular formula is C25H24Cl4N2O3. The Bertz CT molecular complexity index is 1230. The van der Waals surface area contributed by atoms with Crippen LogP contribution >= 0.6 is 46.4 Å². The molecule has 0 aliphatic heterocycles. The number of carbonyl (C=O) groups is 1. The molecule has 5 nitrogen and oxygen atoms in total. The van der Waals surface area contributed by atoms with Crippen LogP contribution in [0.15, 0.2) is 53.3 Å². The molecule has 0 radical (unpaired) electrons. The van der Waals surface area contributed by atoms with Crippen molar-refractivity contribution in [2.75, 3.05) is 5.32 Å². The predicted octanol–water partition coefficient (Wildman–Crippen LogP) is 7.27. The minimum absolute atomic E-state index is 0.0415. The van der Waals surface area contributed by atoms with Crippen LogP contribution in [0.25, 0.3) is 0 Å². The number of esters is 1. The summed E-state index contributed by atoms with van der Waals surface area (Å²) in [4.78, 5) is 25.0. The molecule has 0 aliphatic rings. The van der Waals surface area contributed by atoms with Crippen molar-refractivity contribution >= 4 is 58.1 Å². The van der Waals surface area contributed by atoms with Crippen molar-refractivity contribution in [3.05, 3.63) is 95.8 Å². The molecule has 0 saturated heterocycles. The predicted molar refractivity (Wildman–Crippen MR) is 140 cm³/mol. The molecule has 9 heteroatoms. The summed E-state index contributed by atoms with van der Waals surface area (Å²) in [6.07, 6.45) is 0.529. The van der Waals surface area contributed by atoms with E-state index in [4.69, 9.17) is 51.1 Å². The van der Waals surface area contributed by atoms with E-state index in [0.29, 0.717) is 45.0 Å². The van der Waals surface area contributed by atoms with Crippen LogP contribution < -0.4 is 10.9 Å². The first-order valence-electron chi connectivity index (χ1n) is 10.5. The normalized spacial score (nSPS) is 11.4. The average Bonchev–Trinajstić information content (AvgIpc) is 2.73. The number of hydrogen-bond acceptors (Lipinski definition) is 4. The van der Waals surface area contributed by atoms with Gasteiger partial charge in [0.05, 0.1) is 22.8 Å². The summed E-state index contributed by atoms with van der Waals surface area (Å²) in [7, 11) is 0. The minimum atomic E-state index is -0.566. The van der Waals surface area contributed by atoms with Crippen molar-refractivity contribution in [2.45, 2.75) is 45.9 Å². The van der Waals surface area contributed by atoms with Gasteiger partial charge in [0.2, 0.25) is 0 Å². The van der Waals surface area contributed by atoms with E-state index in [1.807, 2.05) is 32.9 Å². The van der Waals surface area contributed by atoms with Crippen molar-refractivity contribution in [1.29, 1.82) is 0 Å². The van der Waals surface area contributed by atoms with Crippen molar-refractivity contribution < 1.29 is 9.53 Å². The summed E-state index contributed by atoms with van der Waals surface area (Å²) < 4.78 is 6.94. The number of ether oxygens (including phenoxy) is 1. The second kappa shape index (κ2) is 11.0. The summed E-state index contributed by atoms with van der Waals surface area (Å²) in [6, 6.07) is 13.6. The highest BCUT2D eigenvalue weighted by Gasteiger charge is 2.18. The smallest absolute Gasteiger partial charge is 0.338 e. The first kappa shape index (κ1) is 26.4. The Morgan fingerprint density at radius 1 is 0.941 bits per heavy atom. The zero-order valence-corrected chi connectivity index (χ0v) is 21.9. The minimum Gasteiger partial charge on any atom is -0.456 e. The van der Waals surface area contributed by atoms with Gasteiger partial charge >= 0.3 is 5.97 Å². The Kier molecular flexibility index (Phi) is 8.58. The highest BCUT2D eigenvalue weighted by molar-refractivity contribution is 6.35. The third-order valence-electron chi connectivity index (χ3n) is 4.84. The number of aromatic nitrogens is 1. The topological polar surface area (TPSA) is 60.3 Å². The molecule has 3 rings (SSSR count). The Hall–Kier alpha value is -2.18. The van der Waals surface area contributed by atoms with E-state index >= 15 is 0 Å². The number of halogens is 4. The summed E-state index contributed by atoms with van der Waals surface area (Å²) >= 11 is 24.7. The summed E-state index contributed by atoms with van der Waals surface area (Å²) in [5, 5.41) is 4.59. The number of carbonyl (C=O) groups excluding carboxylic acids is 1. The number of nitrogens with zero attached hydrogens (tertiary/aromatic N) is 1. The van der Waals surface area contributed by atoms with Crippen molar-refractivity contribution in [2.24, 2.45) is 0 Å². The molecule has 1 N–H and O–H groups in total. The second-order valence-corrected chi connectivity index (χ2v) is 10.4. The lowest BCUT2D eigenvalue weighted by atomic mass is 10.1. The summed E-state index contributed by atoms with van der Waals surface area (Å²) in [6.45, 7) is 6.07. The fourth-order valence-corrected chi connectivity index (χ4v) is 4.35. The zero-order chi connectivity index (χ0) is 25.0. The number of aryl methyl sites for hydroxylation is 1. The molecule has 0 saturated carbocycles. The largest absolute Gasteiger partial charge is 0.456 e. The number of pyridine rings is 1. The monoisotopic (exact) mass is 540 g/mol. The molecule has 0 amide bonds.